The Morgan fingerprint density at radius 3 is 1.55 bits per heavy atom. The summed E-state index contributed by atoms with van der Waals surface area (Å²) in [6.45, 7) is 15.3. The number of aliphatic hydroxyl groups is 1. The molecule has 0 spiro atoms. The number of esters is 3. The molecular formula is C31H74O9. The maximum Gasteiger partial charge on any atom is 0.307 e. The number of carbonyl (C=O) groups is 3. The number of aliphatic hydroxyl groups excluding tert-OH is 1. The van der Waals surface area contributed by atoms with E-state index in [1.807, 2.05) is 13.8 Å². The van der Waals surface area contributed by atoms with Gasteiger partial charge in [-0.2, -0.15) is 0 Å². The van der Waals surface area contributed by atoms with Crippen molar-refractivity contribution in [3.63, 3.8) is 0 Å². The van der Waals surface area contributed by atoms with E-state index in [1.54, 1.807) is 6.92 Å². The van der Waals surface area contributed by atoms with Gasteiger partial charge < -0.3 is 28.8 Å². The summed E-state index contributed by atoms with van der Waals surface area (Å²) in [5.74, 6) is -0.840. The van der Waals surface area contributed by atoms with Gasteiger partial charge in [0.2, 0.25) is 0 Å². The Kier molecular flexibility index (Phi) is 68.9. The monoisotopic (exact) mass is 591 g/mol. The minimum atomic E-state index is -0.514. The number of hydrogen-bond donors (Lipinski definition) is 1. The number of rotatable bonds is 9. The first-order chi connectivity index (χ1) is 14.9. The molecule has 0 bridgehead atoms. The zero-order valence-electron chi connectivity index (χ0n) is 20.6. The zero-order chi connectivity index (χ0) is 25.1. The summed E-state index contributed by atoms with van der Waals surface area (Å²) in [5, 5.41) is 9.93. The Morgan fingerprint density at radius 2 is 1.25 bits per heavy atom. The van der Waals surface area contributed by atoms with Crippen molar-refractivity contribution in [2.75, 3.05) is 6.79 Å². The fourth-order valence-electron chi connectivity index (χ4n) is 2.71. The van der Waals surface area contributed by atoms with Gasteiger partial charge in [-0.05, 0) is 33.1 Å². The van der Waals surface area contributed by atoms with Gasteiger partial charge in [0.15, 0.2) is 0 Å². The van der Waals surface area contributed by atoms with E-state index in [4.69, 9.17) is 18.9 Å². The second kappa shape index (κ2) is 41.5. The van der Waals surface area contributed by atoms with E-state index < -0.39 is 6.10 Å². The molecule has 252 valence electrons. The van der Waals surface area contributed by atoms with Crippen LogP contribution < -0.4 is 0 Å². The van der Waals surface area contributed by atoms with Gasteiger partial charge in [-0.1, -0.05) is 79.8 Å². The fraction of sp³-hybridized carbons (Fsp3) is 0.839. The molecule has 0 amide bonds. The summed E-state index contributed by atoms with van der Waals surface area (Å²) in [6, 6.07) is 0. The Labute approximate surface area is 251 Å². The summed E-state index contributed by atoms with van der Waals surface area (Å²) >= 11 is 0. The van der Waals surface area contributed by atoms with Crippen molar-refractivity contribution >= 4 is 17.9 Å². The van der Waals surface area contributed by atoms with Gasteiger partial charge in [-0.3, -0.25) is 14.4 Å². The highest BCUT2D eigenvalue weighted by Crippen LogP contribution is 2.21. The van der Waals surface area contributed by atoms with E-state index >= 15 is 0 Å². The van der Waals surface area contributed by atoms with Gasteiger partial charge in [0.25, 0.3) is 0 Å². The quantitative estimate of drug-likeness (QED) is 0.160. The normalized spacial score (nSPS) is 16.0. The lowest BCUT2D eigenvalue weighted by atomic mass is 10.00. The summed E-state index contributed by atoms with van der Waals surface area (Å²) in [7, 11) is 0. The summed E-state index contributed by atoms with van der Waals surface area (Å²) in [5.41, 5.74) is 0. The van der Waals surface area contributed by atoms with E-state index in [0.717, 1.165) is 25.5 Å². The van der Waals surface area contributed by atoms with Gasteiger partial charge in [-0.15, -0.1) is 0 Å². The molecule has 40 heavy (non-hydrogen) atoms. The Balaban J connectivity index is -0.0000000444. The number of carbonyl (C=O) groups excluding carboxylic acids is 3. The molecule has 5 unspecified atom stereocenters. The SMILES string of the molecule is C.C.C.C.C.C.C.C.C=COC(C)=O.CCC(C)OC(C)=O.CCC1CC(CC(O)CC(C)OC(C)=O)OCO1. The van der Waals surface area contributed by atoms with Crippen molar-refractivity contribution in [1.29, 1.82) is 0 Å². The third-order valence-electron chi connectivity index (χ3n) is 4.29. The molecule has 1 aliphatic rings. The van der Waals surface area contributed by atoms with Gasteiger partial charge in [0.05, 0.1) is 30.7 Å². The van der Waals surface area contributed by atoms with Crippen LogP contribution in [-0.4, -0.2) is 60.3 Å². The fourth-order valence-corrected chi connectivity index (χ4v) is 2.71. The molecule has 1 aliphatic heterocycles. The lowest BCUT2D eigenvalue weighted by molar-refractivity contribution is -0.183. The van der Waals surface area contributed by atoms with E-state index in [-0.39, 0.29) is 102 Å². The molecule has 0 aromatic rings. The highest BCUT2D eigenvalue weighted by atomic mass is 16.7. The summed E-state index contributed by atoms with van der Waals surface area (Å²) < 4.78 is 24.8. The average molecular weight is 591 g/mol. The molecule has 9 nitrogen and oxygen atoms in total. The molecule has 5 atom stereocenters. The second-order valence-electron chi connectivity index (χ2n) is 7.49. The van der Waals surface area contributed by atoms with E-state index in [0.29, 0.717) is 19.6 Å². The third kappa shape index (κ3) is 45.9. The lowest BCUT2D eigenvalue weighted by Crippen LogP contribution is -2.34. The molecule has 9 heteroatoms. The van der Waals surface area contributed by atoms with Gasteiger partial charge >= 0.3 is 17.9 Å². The highest BCUT2D eigenvalue weighted by molar-refractivity contribution is 5.66. The predicted molar refractivity (Wildman–Crippen MR) is 173 cm³/mol. The Bertz CT molecular complexity index is 539. The highest BCUT2D eigenvalue weighted by Gasteiger charge is 2.25. The predicted octanol–water partition coefficient (Wildman–Crippen LogP) is 8.75. The van der Waals surface area contributed by atoms with Crippen LogP contribution in [0, 0.1) is 0 Å². The van der Waals surface area contributed by atoms with Gasteiger partial charge in [0, 0.05) is 33.6 Å². The number of hydrogen-bond acceptors (Lipinski definition) is 9. The van der Waals surface area contributed by atoms with Crippen molar-refractivity contribution in [2.24, 2.45) is 0 Å². The zero-order valence-corrected chi connectivity index (χ0v) is 20.6. The summed E-state index contributed by atoms with van der Waals surface area (Å²) in [4.78, 5) is 30.7. The molecule has 1 heterocycles. The van der Waals surface area contributed by atoms with Crippen LogP contribution in [-0.2, 0) is 38.1 Å². The first-order valence-corrected chi connectivity index (χ1v) is 11.0. The smallest absolute Gasteiger partial charge is 0.307 e. The van der Waals surface area contributed by atoms with Gasteiger partial charge in [-0.25, -0.2) is 0 Å². The van der Waals surface area contributed by atoms with E-state index in [1.165, 1.54) is 20.8 Å². The topological polar surface area (TPSA) is 118 Å². The molecule has 1 saturated heterocycles. The third-order valence-corrected chi connectivity index (χ3v) is 4.29. The van der Waals surface area contributed by atoms with Crippen LogP contribution in [0.15, 0.2) is 12.8 Å². The largest absolute Gasteiger partial charge is 0.463 e. The standard InChI is InChI=1S/C13H24O5.C6H12O2.C4H6O2.8CH4/c1-4-12-7-13(17-8-16-12)6-11(15)5-9(2)18-10(3)14;1-4-5(2)8-6(3)7;1-3-6-4(2)5;;;;;;;;/h9,11-13,15H,4-8H2,1-3H3;5H,4H2,1-3H3;3H,1H2,2H3;8*1H4. The molecule has 0 radical (unpaired) electrons. The van der Waals surface area contributed by atoms with E-state index in [9.17, 15) is 19.5 Å². The average Bonchev–Trinajstić information content (AvgIpc) is 2.67. The molecular weight excluding hydrogens is 516 g/mol. The van der Waals surface area contributed by atoms with Crippen LogP contribution >= 0.6 is 0 Å². The van der Waals surface area contributed by atoms with Crippen LogP contribution in [0.1, 0.15) is 140 Å². The van der Waals surface area contributed by atoms with Crippen LogP contribution in [0.3, 0.4) is 0 Å². The van der Waals surface area contributed by atoms with Crippen LogP contribution in [0.5, 0.6) is 0 Å². The molecule has 0 aliphatic carbocycles. The van der Waals surface area contributed by atoms with Crippen molar-refractivity contribution < 1.29 is 43.2 Å². The van der Waals surface area contributed by atoms with Crippen LogP contribution in [0.25, 0.3) is 0 Å². The molecule has 1 rings (SSSR count). The van der Waals surface area contributed by atoms with Crippen molar-refractivity contribution in [3.05, 3.63) is 12.8 Å². The van der Waals surface area contributed by atoms with Crippen molar-refractivity contribution in [1.82, 2.24) is 0 Å². The van der Waals surface area contributed by atoms with Gasteiger partial charge in [0.1, 0.15) is 12.9 Å². The maximum absolute atomic E-state index is 10.8. The Hall–Kier alpha value is -1.97. The first kappa shape index (κ1) is 66.4. The second-order valence-corrected chi connectivity index (χ2v) is 7.49. The minimum Gasteiger partial charge on any atom is -0.463 e. The lowest BCUT2D eigenvalue weighted by Gasteiger charge is -2.30. The number of ether oxygens (including phenoxy) is 5. The van der Waals surface area contributed by atoms with Crippen LogP contribution in [0.4, 0.5) is 0 Å². The molecule has 1 fully saturated rings. The Morgan fingerprint density at radius 1 is 0.825 bits per heavy atom. The first-order valence-electron chi connectivity index (χ1n) is 11.0. The summed E-state index contributed by atoms with van der Waals surface area (Å²) in [6.07, 6.45) is 4.32. The molecule has 0 saturated carbocycles. The molecule has 0 aromatic carbocycles. The minimum absolute atomic E-state index is 0. The van der Waals surface area contributed by atoms with Crippen LogP contribution in [0.2, 0.25) is 0 Å². The van der Waals surface area contributed by atoms with Crippen molar-refractivity contribution in [2.45, 2.75) is 171 Å². The van der Waals surface area contributed by atoms with Crippen molar-refractivity contribution in [3.8, 4) is 0 Å². The maximum atomic E-state index is 10.8. The molecule has 1 N–H and O–H groups in total. The van der Waals surface area contributed by atoms with E-state index in [2.05, 4.69) is 18.2 Å². The molecule has 0 aromatic heterocycles.